The summed E-state index contributed by atoms with van der Waals surface area (Å²) in [4.78, 5) is 12.0. The van der Waals surface area contributed by atoms with Gasteiger partial charge >= 0.3 is 0 Å². The third-order valence-corrected chi connectivity index (χ3v) is 4.17. The summed E-state index contributed by atoms with van der Waals surface area (Å²) in [5.41, 5.74) is 1.01. The number of fused-ring (bicyclic) bond motifs is 1. The monoisotopic (exact) mass is 331 g/mol. The van der Waals surface area contributed by atoms with Crippen molar-refractivity contribution in [2.75, 3.05) is 0 Å². The lowest BCUT2D eigenvalue weighted by Crippen LogP contribution is -2.24. The molecule has 3 N–H and O–H groups in total. The Balaban J connectivity index is 1.72. The Morgan fingerprint density at radius 2 is 1.87 bits per heavy atom. The van der Waals surface area contributed by atoms with E-state index in [2.05, 4.69) is 15.5 Å². The van der Waals surface area contributed by atoms with Gasteiger partial charge in [-0.25, -0.2) is 13.6 Å². The van der Waals surface area contributed by atoms with Gasteiger partial charge in [-0.15, -0.1) is 10.2 Å². The van der Waals surface area contributed by atoms with Gasteiger partial charge in [0, 0.05) is 11.8 Å². The van der Waals surface area contributed by atoms with E-state index in [0.717, 1.165) is 0 Å². The normalized spacial score (nSPS) is 11.5. The lowest BCUT2D eigenvalue weighted by molar-refractivity contribution is 0.0949. The highest BCUT2D eigenvalue weighted by Crippen LogP contribution is 2.09. The smallest absolute Gasteiger partial charge is 0.251 e. The highest BCUT2D eigenvalue weighted by atomic mass is 32.2. The Morgan fingerprint density at radius 1 is 1.13 bits per heavy atom. The van der Waals surface area contributed by atoms with Crippen LogP contribution in [0.3, 0.4) is 0 Å². The molecule has 9 heteroatoms. The summed E-state index contributed by atoms with van der Waals surface area (Å²) in [6.45, 7) is 0.195. The molecule has 0 radical (unpaired) electrons. The van der Waals surface area contributed by atoms with E-state index in [0.29, 0.717) is 17.0 Å². The number of rotatable bonds is 4. The van der Waals surface area contributed by atoms with Crippen molar-refractivity contribution in [3.05, 3.63) is 60.0 Å². The van der Waals surface area contributed by atoms with Crippen LogP contribution in [0.5, 0.6) is 0 Å². The van der Waals surface area contributed by atoms with Gasteiger partial charge in [-0.05, 0) is 36.4 Å². The first-order valence-electron chi connectivity index (χ1n) is 6.65. The van der Waals surface area contributed by atoms with Gasteiger partial charge in [-0.3, -0.25) is 9.20 Å². The maximum Gasteiger partial charge on any atom is 0.251 e. The lowest BCUT2D eigenvalue weighted by atomic mass is 10.2. The van der Waals surface area contributed by atoms with Gasteiger partial charge in [0.25, 0.3) is 5.91 Å². The first-order valence-corrected chi connectivity index (χ1v) is 8.19. The van der Waals surface area contributed by atoms with Crippen molar-refractivity contribution in [2.24, 2.45) is 5.14 Å². The number of hydrogen-bond donors (Lipinski definition) is 2. The number of nitrogens with two attached hydrogens (primary N) is 1. The van der Waals surface area contributed by atoms with E-state index in [1.807, 2.05) is 18.2 Å². The van der Waals surface area contributed by atoms with E-state index in [9.17, 15) is 13.2 Å². The summed E-state index contributed by atoms with van der Waals surface area (Å²) in [7, 11) is -3.77. The van der Waals surface area contributed by atoms with Crippen molar-refractivity contribution in [3.8, 4) is 0 Å². The molecule has 3 aromatic rings. The number of nitrogens with one attached hydrogen (secondary N) is 1. The SMILES string of the molecule is NS(=O)(=O)c1ccc(C(=O)NCc2nnc3ccccn23)cc1. The number of carbonyl (C=O) groups is 1. The average Bonchev–Trinajstić information content (AvgIpc) is 2.95. The van der Waals surface area contributed by atoms with E-state index >= 15 is 0 Å². The molecule has 0 spiro atoms. The molecule has 2 heterocycles. The minimum Gasteiger partial charge on any atom is -0.345 e. The number of sulfonamides is 1. The summed E-state index contributed by atoms with van der Waals surface area (Å²) in [6, 6.07) is 10.9. The van der Waals surface area contributed by atoms with Crippen molar-refractivity contribution in [1.82, 2.24) is 19.9 Å². The zero-order valence-electron chi connectivity index (χ0n) is 11.9. The fourth-order valence-corrected chi connectivity index (χ4v) is 2.58. The maximum atomic E-state index is 12.1. The number of amides is 1. The van der Waals surface area contributed by atoms with Crippen LogP contribution in [0.25, 0.3) is 5.65 Å². The van der Waals surface area contributed by atoms with Crippen molar-refractivity contribution >= 4 is 21.6 Å². The highest BCUT2D eigenvalue weighted by molar-refractivity contribution is 7.89. The fraction of sp³-hybridized carbons (Fsp3) is 0.0714. The van der Waals surface area contributed by atoms with E-state index < -0.39 is 10.0 Å². The highest BCUT2D eigenvalue weighted by Gasteiger charge is 2.11. The van der Waals surface area contributed by atoms with Crippen molar-refractivity contribution < 1.29 is 13.2 Å². The van der Waals surface area contributed by atoms with Crippen LogP contribution in [-0.2, 0) is 16.6 Å². The van der Waals surface area contributed by atoms with Crippen LogP contribution in [-0.4, -0.2) is 28.9 Å². The maximum absolute atomic E-state index is 12.1. The third kappa shape index (κ3) is 3.20. The van der Waals surface area contributed by atoms with Gasteiger partial charge in [0.2, 0.25) is 10.0 Å². The molecular weight excluding hydrogens is 318 g/mol. The molecule has 1 amide bonds. The summed E-state index contributed by atoms with van der Waals surface area (Å²) < 4.78 is 24.1. The molecular formula is C14H13N5O3S. The van der Waals surface area contributed by atoms with E-state index in [1.54, 1.807) is 10.6 Å². The van der Waals surface area contributed by atoms with Gasteiger partial charge in [-0.2, -0.15) is 0 Å². The van der Waals surface area contributed by atoms with E-state index in [1.165, 1.54) is 24.3 Å². The van der Waals surface area contributed by atoms with Gasteiger partial charge in [0.15, 0.2) is 11.5 Å². The number of benzene rings is 1. The first kappa shape index (κ1) is 15.1. The van der Waals surface area contributed by atoms with Crippen LogP contribution in [0.4, 0.5) is 0 Å². The van der Waals surface area contributed by atoms with Gasteiger partial charge in [0.05, 0.1) is 11.4 Å². The standard InChI is InChI=1S/C14H13N5O3S/c15-23(21,22)11-6-4-10(5-7-11)14(20)16-9-13-18-17-12-3-1-2-8-19(12)13/h1-8H,9H2,(H,16,20)(H2,15,21,22). The molecule has 2 aromatic heterocycles. The van der Waals surface area contributed by atoms with Crippen molar-refractivity contribution in [2.45, 2.75) is 11.4 Å². The molecule has 118 valence electrons. The van der Waals surface area contributed by atoms with Crippen molar-refractivity contribution in [3.63, 3.8) is 0 Å². The molecule has 0 aliphatic heterocycles. The largest absolute Gasteiger partial charge is 0.345 e. The molecule has 0 bridgehead atoms. The summed E-state index contributed by atoms with van der Waals surface area (Å²) in [5, 5.41) is 15.7. The molecule has 0 saturated carbocycles. The number of hydrogen-bond acceptors (Lipinski definition) is 5. The number of primary sulfonamides is 1. The molecule has 1 aromatic carbocycles. The molecule has 23 heavy (non-hydrogen) atoms. The van der Waals surface area contributed by atoms with E-state index in [4.69, 9.17) is 5.14 Å². The van der Waals surface area contributed by atoms with Crippen LogP contribution in [0.15, 0.2) is 53.6 Å². The van der Waals surface area contributed by atoms with Crippen molar-refractivity contribution in [1.29, 1.82) is 0 Å². The Bertz CT molecular complexity index is 964. The molecule has 3 rings (SSSR count). The molecule has 0 atom stereocenters. The number of carbonyl (C=O) groups excluding carboxylic acids is 1. The predicted molar refractivity (Wildman–Crippen MR) is 82.0 cm³/mol. The van der Waals surface area contributed by atoms with Crippen LogP contribution in [0, 0.1) is 0 Å². The minimum absolute atomic E-state index is 0.0440. The van der Waals surface area contributed by atoms with Crippen LogP contribution < -0.4 is 10.5 Å². The molecule has 0 unspecified atom stereocenters. The van der Waals surface area contributed by atoms with Crippen LogP contribution >= 0.6 is 0 Å². The predicted octanol–water partition coefficient (Wildman–Crippen LogP) is 0.307. The second kappa shape index (κ2) is 5.78. The average molecular weight is 331 g/mol. The zero-order chi connectivity index (χ0) is 16.4. The van der Waals surface area contributed by atoms with Gasteiger partial charge in [-0.1, -0.05) is 6.07 Å². The quantitative estimate of drug-likeness (QED) is 0.713. The van der Waals surface area contributed by atoms with Gasteiger partial charge in [0.1, 0.15) is 0 Å². The number of nitrogens with zero attached hydrogens (tertiary/aromatic N) is 3. The number of aromatic nitrogens is 3. The Morgan fingerprint density at radius 3 is 2.57 bits per heavy atom. The second-order valence-electron chi connectivity index (χ2n) is 4.80. The van der Waals surface area contributed by atoms with E-state index in [-0.39, 0.29) is 17.3 Å². The summed E-state index contributed by atoms with van der Waals surface area (Å²) in [5.74, 6) is 0.244. The Hall–Kier alpha value is -2.78. The molecule has 0 fully saturated rings. The van der Waals surface area contributed by atoms with Crippen LogP contribution in [0.2, 0.25) is 0 Å². The number of pyridine rings is 1. The Labute approximate surface area is 132 Å². The molecule has 8 nitrogen and oxygen atoms in total. The molecule has 0 saturated heterocycles. The molecule has 0 aliphatic carbocycles. The zero-order valence-corrected chi connectivity index (χ0v) is 12.7. The summed E-state index contributed by atoms with van der Waals surface area (Å²) >= 11 is 0. The molecule has 0 aliphatic rings. The van der Waals surface area contributed by atoms with Gasteiger partial charge < -0.3 is 5.32 Å². The first-order chi connectivity index (χ1) is 10.9. The topological polar surface area (TPSA) is 119 Å². The Kier molecular flexibility index (Phi) is 3.80. The summed E-state index contributed by atoms with van der Waals surface area (Å²) in [6.07, 6.45) is 1.80. The second-order valence-corrected chi connectivity index (χ2v) is 6.36. The van der Waals surface area contributed by atoms with Crippen LogP contribution in [0.1, 0.15) is 16.2 Å². The minimum atomic E-state index is -3.77. The lowest BCUT2D eigenvalue weighted by Gasteiger charge is -2.05. The fourth-order valence-electron chi connectivity index (χ4n) is 2.07. The third-order valence-electron chi connectivity index (χ3n) is 3.24.